The standard InChI is InChI=1S/C21H25NO2S/c1-21(2,3)25(23)22-20-11-7-10-17-12-13-18(14-19(17)20)24-15-16-8-5-4-6-9-16/h4-6,8-9,12-14H,7,10-11,15H2,1-3H3. The van der Waals surface area contributed by atoms with E-state index in [1.54, 1.807) is 0 Å². The number of fused-ring (bicyclic) bond motifs is 1. The molecule has 3 nitrogen and oxygen atoms in total. The molecule has 0 saturated heterocycles. The maximum atomic E-state index is 12.4. The summed E-state index contributed by atoms with van der Waals surface area (Å²) in [7, 11) is 0. The zero-order valence-electron chi connectivity index (χ0n) is 15.1. The predicted molar refractivity (Wildman–Crippen MR) is 105 cm³/mol. The Morgan fingerprint density at radius 1 is 1.08 bits per heavy atom. The molecule has 1 unspecified atom stereocenters. The number of rotatable bonds is 4. The van der Waals surface area contributed by atoms with Crippen LogP contribution in [0.1, 0.15) is 50.3 Å². The Balaban J connectivity index is 1.81. The molecule has 0 fully saturated rings. The molecule has 0 amide bonds. The molecule has 0 N–H and O–H groups in total. The summed E-state index contributed by atoms with van der Waals surface area (Å²) in [6, 6.07) is 16.3. The van der Waals surface area contributed by atoms with Gasteiger partial charge in [-0.05, 0) is 63.3 Å². The van der Waals surface area contributed by atoms with Gasteiger partial charge < -0.3 is 9.29 Å². The van der Waals surface area contributed by atoms with E-state index in [0.29, 0.717) is 6.61 Å². The molecule has 3 rings (SSSR count). The fourth-order valence-corrected chi connectivity index (χ4v) is 3.45. The first-order chi connectivity index (χ1) is 11.9. The van der Waals surface area contributed by atoms with E-state index in [1.165, 1.54) is 5.56 Å². The Kier molecular flexibility index (Phi) is 5.50. The molecule has 1 atom stereocenters. The van der Waals surface area contributed by atoms with E-state index >= 15 is 0 Å². The average Bonchev–Trinajstić information content (AvgIpc) is 2.60. The zero-order valence-corrected chi connectivity index (χ0v) is 15.9. The highest BCUT2D eigenvalue weighted by molar-refractivity contribution is 7.91. The van der Waals surface area contributed by atoms with Gasteiger partial charge in [-0.1, -0.05) is 40.8 Å². The molecule has 25 heavy (non-hydrogen) atoms. The molecule has 4 heteroatoms. The lowest BCUT2D eigenvalue weighted by Crippen LogP contribution is -2.27. The quantitative estimate of drug-likeness (QED) is 0.736. The van der Waals surface area contributed by atoms with Crippen molar-refractivity contribution in [1.29, 1.82) is 0 Å². The Labute approximate surface area is 153 Å². The van der Waals surface area contributed by atoms with Gasteiger partial charge in [-0.15, -0.1) is 0 Å². The number of hydrogen-bond acceptors (Lipinski definition) is 3. The second-order valence-electron chi connectivity index (χ2n) is 7.35. The van der Waals surface area contributed by atoms with Crippen molar-refractivity contribution in [2.75, 3.05) is 0 Å². The van der Waals surface area contributed by atoms with E-state index in [-0.39, 0.29) is 4.75 Å². The number of aryl methyl sites for hydroxylation is 1. The molecule has 0 spiro atoms. The Bertz CT molecular complexity index is 750. The van der Waals surface area contributed by atoms with Gasteiger partial charge in [-0.3, -0.25) is 0 Å². The molecular formula is C21H25NO2S. The number of benzene rings is 2. The molecule has 0 bridgehead atoms. The molecule has 0 aromatic heterocycles. The van der Waals surface area contributed by atoms with Crippen molar-refractivity contribution in [2.45, 2.75) is 51.4 Å². The molecule has 1 aliphatic carbocycles. The van der Waals surface area contributed by atoms with Gasteiger partial charge in [0.15, 0.2) is 0 Å². The number of ether oxygens (including phenoxy) is 1. The highest BCUT2D eigenvalue weighted by Crippen LogP contribution is 2.28. The highest BCUT2D eigenvalue weighted by Gasteiger charge is 2.28. The van der Waals surface area contributed by atoms with Crippen LogP contribution in [-0.4, -0.2) is 15.0 Å². The number of nitrogens with zero attached hydrogens (tertiary/aromatic N) is 1. The van der Waals surface area contributed by atoms with Crippen LogP contribution >= 0.6 is 0 Å². The monoisotopic (exact) mass is 355 g/mol. The highest BCUT2D eigenvalue weighted by atomic mass is 32.2. The third-order valence-electron chi connectivity index (χ3n) is 4.22. The molecule has 1 aliphatic rings. The van der Waals surface area contributed by atoms with Gasteiger partial charge in [-0.2, -0.15) is 0 Å². The smallest absolute Gasteiger partial charge is 0.144 e. The maximum absolute atomic E-state index is 12.4. The van der Waals surface area contributed by atoms with Crippen LogP contribution in [0.5, 0.6) is 5.75 Å². The van der Waals surface area contributed by atoms with Crippen LogP contribution in [-0.2, 0) is 24.4 Å². The molecule has 0 aliphatic heterocycles. The molecule has 132 valence electrons. The molecule has 2 aromatic carbocycles. The third kappa shape index (κ3) is 4.65. The van der Waals surface area contributed by atoms with Crippen LogP contribution in [0.15, 0.2) is 52.9 Å². The summed E-state index contributed by atoms with van der Waals surface area (Å²) in [5.41, 5.74) is 4.44. The van der Waals surface area contributed by atoms with Gasteiger partial charge in [0, 0.05) is 5.56 Å². The van der Waals surface area contributed by atoms with Gasteiger partial charge in [0.25, 0.3) is 0 Å². The van der Waals surface area contributed by atoms with E-state index in [9.17, 15) is 4.55 Å². The SMILES string of the molecule is CC(C)(C)[S+]([O-])N=C1CCCc2ccc(OCc3ccccc3)cc21. The van der Waals surface area contributed by atoms with Crippen molar-refractivity contribution in [2.24, 2.45) is 4.40 Å². The van der Waals surface area contributed by atoms with Gasteiger partial charge in [0.05, 0.1) is 5.71 Å². The van der Waals surface area contributed by atoms with E-state index in [1.807, 2.05) is 45.0 Å². The van der Waals surface area contributed by atoms with Crippen LogP contribution in [0.25, 0.3) is 0 Å². The Morgan fingerprint density at radius 3 is 2.56 bits per heavy atom. The van der Waals surface area contributed by atoms with Crippen molar-refractivity contribution in [3.8, 4) is 5.75 Å². The lowest BCUT2D eigenvalue weighted by molar-refractivity contribution is 0.306. The van der Waals surface area contributed by atoms with Crippen molar-refractivity contribution in [1.82, 2.24) is 0 Å². The zero-order chi connectivity index (χ0) is 17.9. The fourth-order valence-electron chi connectivity index (χ4n) is 2.79. The first kappa shape index (κ1) is 18.0. The van der Waals surface area contributed by atoms with Crippen molar-refractivity contribution < 1.29 is 9.29 Å². The van der Waals surface area contributed by atoms with Gasteiger partial charge in [0.1, 0.15) is 28.5 Å². The summed E-state index contributed by atoms with van der Waals surface area (Å²) in [6.45, 7) is 6.41. The molecule has 2 aromatic rings. The molecule has 0 saturated carbocycles. The second-order valence-corrected chi connectivity index (χ2v) is 9.25. The predicted octanol–water partition coefficient (Wildman–Crippen LogP) is 4.85. The first-order valence-corrected chi connectivity index (χ1v) is 9.84. The molecule has 0 radical (unpaired) electrons. The Hall–Kier alpha value is -1.78. The van der Waals surface area contributed by atoms with Crippen molar-refractivity contribution >= 4 is 17.1 Å². The van der Waals surface area contributed by atoms with E-state index < -0.39 is 11.4 Å². The summed E-state index contributed by atoms with van der Waals surface area (Å²) in [6.07, 6.45) is 2.96. The van der Waals surface area contributed by atoms with Crippen LogP contribution in [0.3, 0.4) is 0 Å². The minimum absolute atomic E-state index is 0.341. The van der Waals surface area contributed by atoms with Crippen molar-refractivity contribution in [3.05, 3.63) is 65.2 Å². The van der Waals surface area contributed by atoms with Gasteiger partial charge in [0.2, 0.25) is 0 Å². The lowest BCUT2D eigenvalue weighted by Gasteiger charge is -2.22. The normalized spacial score (nSPS) is 17.2. The maximum Gasteiger partial charge on any atom is 0.144 e. The van der Waals surface area contributed by atoms with Gasteiger partial charge in [-0.25, -0.2) is 0 Å². The molecular weight excluding hydrogens is 330 g/mol. The van der Waals surface area contributed by atoms with Crippen LogP contribution in [0.2, 0.25) is 0 Å². The van der Waals surface area contributed by atoms with E-state index in [2.05, 4.69) is 28.7 Å². The Morgan fingerprint density at radius 2 is 1.84 bits per heavy atom. The minimum Gasteiger partial charge on any atom is -0.591 e. The number of hydrogen-bond donors (Lipinski definition) is 0. The van der Waals surface area contributed by atoms with Gasteiger partial charge >= 0.3 is 0 Å². The minimum atomic E-state index is -1.24. The summed E-state index contributed by atoms with van der Waals surface area (Å²) < 4.78 is 22.6. The van der Waals surface area contributed by atoms with E-state index in [4.69, 9.17) is 4.74 Å². The second kappa shape index (κ2) is 7.63. The first-order valence-electron chi connectivity index (χ1n) is 8.73. The third-order valence-corrected chi connectivity index (χ3v) is 5.65. The largest absolute Gasteiger partial charge is 0.591 e. The lowest BCUT2D eigenvalue weighted by atomic mass is 9.90. The van der Waals surface area contributed by atoms with Crippen LogP contribution in [0, 0.1) is 0 Å². The molecule has 0 heterocycles. The topological polar surface area (TPSA) is 44.7 Å². The fraction of sp³-hybridized carbons (Fsp3) is 0.381. The van der Waals surface area contributed by atoms with Crippen LogP contribution in [0.4, 0.5) is 0 Å². The average molecular weight is 356 g/mol. The summed E-state index contributed by atoms with van der Waals surface area (Å²) in [5, 5.41) is 0. The summed E-state index contributed by atoms with van der Waals surface area (Å²) >= 11 is -1.24. The summed E-state index contributed by atoms with van der Waals surface area (Å²) in [4.78, 5) is 0. The summed E-state index contributed by atoms with van der Waals surface area (Å²) in [5.74, 6) is 0.832. The van der Waals surface area contributed by atoms with Crippen LogP contribution < -0.4 is 4.74 Å². The van der Waals surface area contributed by atoms with Crippen molar-refractivity contribution in [3.63, 3.8) is 0 Å². The van der Waals surface area contributed by atoms with E-state index in [0.717, 1.165) is 41.9 Å².